The van der Waals surface area contributed by atoms with Gasteiger partial charge in [-0.15, -0.1) is 0 Å². The number of carbonyl (C=O) groups excluding carboxylic acids is 2. The Labute approximate surface area is 168 Å². The maximum Gasteiger partial charge on any atom is 0.344 e. The molecule has 5 heteroatoms. The molecular formula is C24H18N2O3. The van der Waals surface area contributed by atoms with Crippen molar-refractivity contribution < 1.29 is 14.3 Å². The fraction of sp³-hybridized carbons (Fsp3) is 0.0417. The molecule has 0 aliphatic carbocycles. The second-order valence-corrected chi connectivity index (χ2v) is 6.46. The van der Waals surface area contributed by atoms with E-state index < -0.39 is 5.97 Å². The summed E-state index contributed by atoms with van der Waals surface area (Å²) in [5, 5.41) is 4.49. The molecule has 0 fully saturated rings. The van der Waals surface area contributed by atoms with Gasteiger partial charge in [-0.2, -0.15) is 9.78 Å². The number of para-hydroxylation sites is 1. The molecule has 142 valence electrons. The lowest BCUT2D eigenvalue weighted by molar-refractivity contribution is 0.0721. The van der Waals surface area contributed by atoms with E-state index in [1.807, 2.05) is 42.5 Å². The molecule has 4 aromatic rings. The van der Waals surface area contributed by atoms with E-state index in [4.69, 9.17) is 4.74 Å². The maximum atomic E-state index is 13.2. The van der Waals surface area contributed by atoms with E-state index in [0.717, 1.165) is 0 Å². The number of ether oxygens (including phenoxy) is 1. The molecule has 0 saturated heterocycles. The van der Waals surface area contributed by atoms with Crippen molar-refractivity contribution in [1.29, 1.82) is 0 Å². The SMILES string of the molecule is Cc1nn(-c2ccccc2)c(OC(=O)c2ccccc2)c1C(=O)c1ccccc1. The van der Waals surface area contributed by atoms with Crippen molar-refractivity contribution in [2.24, 2.45) is 0 Å². The fourth-order valence-electron chi connectivity index (χ4n) is 3.06. The molecule has 5 nitrogen and oxygen atoms in total. The van der Waals surface area contributed by atoms with Crippen molar-refractivity contribution in [3.8, 4) is 11.6 Å². The zero-order valence-electron chi connectivity index (χ0n) is 15.8. The summed E-state index contributed by atoms with van der Waals surface area (Å²) in [6, 6.07) is 26.8. The van der Waals surface area contributed by atoms with Gasteiger partial charge < -0.3 is 4.74 Å². The van der Waals surface area contributed by atoms with Crippen LogP contribution in [0.25, 0.3) is 5.69 Å². The Morgan fingerprint density at radius 2 is 1.28 bits per heavy atom. The Balaban J connectivity index is 1.84. The van der Waals surface area contributed by atoms with Gasteiger partial charge in [-0.3, -0.25) is 4.79 Å². The quantitative estimate of drug-likeness (QED) is 0.373. The van der Waals surface area contributed by atoms with Gasteiger partial charge in [0.15, 0.2) is 5.78 Å². The summed E-state index contributed by atoms with van der Waals surface area (Å²) >= 11 is 0. The molecule has 0 radical (unpaired) electrons. The third kappa shape index (κ3) is 3.71. The van der Waals surface area contributed by atoms with Crippen LogP contribution in [-0.2, 0) is 0 Å². The molecule has 1 aromatic heterocycles. The first kappa shape index (κ1) is 18.4. The minimum Gasteiger partial charge on any atom is -0.403 e. The number of esters is 1. The van der Waals surface area contributed by atoms with Crippen LogP contribution in [0.5, 0.6) is 5.88 Å². The number of aryl methyl sites for hydroxylation is 1. The van der Waals surface area contributed by atoms with E-state index in [1.165, 1.54) is 4.68 Å². The van der Waals surface area contributed by atoms with Gasteiger partial charge in [-0.05, 0) is 31.2 Å². The van der Waals surface area contributed by atoms with Gasteiger partial charge in [0, 0.05) is 5.56 Å². The molecule has 3 aromatic carbocycles. The summed E-state index contributed by atoms with van der Waals surface area (Å²) in [5.41, 5.74) is 2.34. The van der Waals surface area contributed by atoms with Crippen LogP contribution in [0, 0.1) is 6.92 Å². The molecule has 0 atom stereocenters. The smallest absolute Gasteiger partial charge is 0.344 e. The molecule has 0 amide bonds. The molecule has 4 rings (SSSR count). The van der Waals surface area contributed by atoms with Gasteiger partial charge in [0.05, 0.1) is 16.9 Å². The average Bonchev–Trinajstić information content (AvgIpc) is 3.10. The Hall–Kier alpha value is -3.99. The van der Waals surface area contributed by atoms with Gasteiger partial charge in [-0.1, -0.05) is 66.7 Å². The highest BCUT2D eigenvalue weighted by atomic mass is 16.5. The predicted molar refractivity (Wildman–Crippen MR) is 110 cm³/mol. The first-order valence-electron chi connectivity index (χ1n) is 9.17. The Morgan fingerprint density at radius 1 is 0.759 bits per heavy atom. The number of rotatable bonds is 5. The lowest BCUT2D eigenvalue weighted by Gasteiger charge is -2.10. The van der Waals surface area contributed by atoms with Gasteiger partial charge >= 0.3 is 5.97 Å². The predicted octanol–water partition coefficient (Wildman–Crippen LogP) is 4.63. The van der Waals surface area contributed by atoms with Crippen molar-refractivity contribution in [2.75, 3.05) is 0 Å². The third-order valence-corrected chi connectivity index (χ3v) is 4.48. The number of carbonyl (C=O) groups is 2. The monoisotopic (exact) mass is 382 g/mol. The van der Waals surface area contributed by atoms with Crippen LogP contribution in [0.15, 0.2) is 91.0 Å². The van der Waals surface area contributed by atoms with Crippen molar-refractivity contribution in [1.82, 2.24) is 9.78 Å². The number of nitrogens with zero attached hydrogens (tertiary/aromatic N) is 2. The number of hydrogen-bond donors (Lipinski definition) is 0. The second kappa shape index (κ2) is 7.94. The number of ketones is 1. The van der Waals surface area contributed by atoms with E-state index in [0.29, 0.717) is 22.5 Å². The zero-order chi connectivity index (χ0) is 20.2. The summed E-state index contributed by atoms with van der Waals surface area (Å²) in [5.74, 6) is -0.692. The highest BCUT2D eigenvalue weighted by Crippen LogP contribution is 2.29. The molecular weight excluding hydrogens is 364 g/mol. The summed E-state index contributed by atoms with van der Waals surface area (Å²) in [6.45, 7) is 1.73. The Kier molecular flexibility index (Phi) is 5.03. The highest BCUT2D eigenvalue weighted by Gasteiger charge is 2.27. The number of hydrogen-bond acceptors (Lipinski definition) is 4. The average molecular weight is 382 g/mol. The fourth-order valence-corrected chi connectivity index (χ4v) is 3.06. The third-order valence-electron chi connectivity index (χ3n) is 4.48. The minimum atomic E-state index is -0.551. The zero-order valence-corrected chi connectivity index (χ0v) is 15.8. The molecule has 0 spiro atoms. The standard InChI is InChI=1S/C24H18N2O3/c1-17-21(22(27)18-11-5-2-6-12-18)23(26(25-17)20-15-9-4-10-16-20)29-24(28)19-13-7-3-8-14-19/h2-16H,1H3. The van der Waals surface area contributed by atoms with Gasteiger partial charge in [-0.25, -0.2) is 4.79 Å². The highest BCUT2D eigenvalue weighted by molar-refractivity contribution is 6.11. The molecule has 0 saturated carbocycles. The van der Waals surface area contributed by atoms with Crippen molar-refractivity contribution >= 4 is 11.8 Å². The van der Waals surface area contributed by atoms with Gasteiger partial charge in [0.25, 0.3) is 0 Å². The molecule has 0 N–H and O–H groups in total. The van der Waals surface area contributed by atoms with Crippen molar-refractivity contribution in [3.63, 3.8) is 0 Å². The normalized spacial score (nSPS) is 10.5. The van der Waals surface area contributed by atoms with Crippen LogP contribution >= 0.6 is 0 Å². The first-order valence-corrected chi connectivity index (χ1v) is 9.17. The van der Waals surface area contributed by atoms with E-state index in [2.05, 4.69) is 5.10 Å². The summed E-state index contributed by atoms with van der Waals surface area (Å²) in [7, 11) is 0. The topological polar surface area (TPSA) is 61.2 Å². The van der Waals surface area contributed by atoms with Crippen molar-refractivity contribution in [3.05, 3.63) is 113 Å². The lowest BCUT2D eigenvalue weighted by Crippen LogP contribution is -2.14. The Bertz CT molecular complexity index is 1150. The van der Waals surface area contributed by atoms with Crippen LogP contribution in [0.2, 0.25) is 0 Å². The number of aromatic nitrogens is 2. The van der Waals surface area contributed by atoms with Crippen LogP contribution in [-0.4, -0.2) is 21.5 Å². The van der Waals surface area contributed by atoms with E-state index in [-0.39, 0.29) is 17.2 Å². The largest absolute Gasteiger partial charge is 0.403 e. The van der Waals surface area contributed by atoms with Crippen molar-refractivity contribution in [2.45, 2.75) is 6.92 Å². The van der Waals surface area contributed by atoms with Crippen LogP contribution in [0.4, 0.5) is 0 Å². The van der Waals surface area contributed by atoms with E-state index in [9.17, 15) is 9.59 Å². The first-order chi connectivity index (χ1) is 14.1. The lowest BCUT2D eigenvalue weighted by atomic mass is 10.0. The second-order valence-electron chi connectivity index (χ2n) is 6.46. The maximum absolute atomic E-state index is 13.2. The summed E-state index contributed by atoms with van der Waals surface area (Å²) in [4.78, 5) is 25.9. The number of benzene rings is 3. The van der Waals surface area contributed by atoms with Gasteiger partial charge in [0.1, 0.15) is 5.56 Å². The van der Waals surface area contributed by atoms with E-state index in [1.54, 1.807) is 55.5 Å². The van der Waals surface area contributed by atoms with Crippen LogP contribution < -0.4 is 4.74 Å². The summed E-state index contributed by atoms with van der Waals surface area (Å²) < 4.78 is 7.21. The molecule has 0 unspecified atom stereocenters. The summed E-state index contributed by atoms with van der Waals surface area (Å²) in [6.07, 6.45) is 0. The molecule has 1 heterocycles. The van der Waals surface area contributed by atoms with E-state index >= 15 is 0 Å². The molecule has 0 bridgehead atoms. The van der Waals surface area contributed by atoms with Crippen LogP contribution in [0.3, 0.4) is 0 Å². The van der Waals surface area contributed by atoms with Gasteiger partial charge in [0.2, 0.25) is 5.88 Å². The minimum absolute atomic E-state index is 0.108. The molecule has 29 heavy (non-hydrogen) atoms. The molecule has 0 aliphatic rings. The molecule has 0 aliphatic heterocycles. The Morgan fingerprint density at radius 3 is 1.86 bits per heavy atom. The van der Waals surface area contributed by atoms with Crippen LogP contribution in [0.1, 0.15) is 32.0 Å².